The summed E-state index contributed by atoms with van der Waals surface area (Å²) in [6.07, 6.45) is 0. The smallest absolute Gasteiger partial charge is 0.119 e. The first-order valence-electron chi connectivity index (χ1n) is 7.24. The number of aryl methyl sites for hydroxylation is 1. The summed E-state index contributed by atoms with van der Waals surface area (Å²) in [6, 6.07) is 12.6. The topological polar surface area (TPSA) is 21.3 Å². The quantitative estimate of drug-likeness (QED) is 0.839. The highest BCUT2D eigenvalue weighted by Crippen LogP contribution is 2.32. The van der Waals surface area contributed by atoms with Gasteiger partial charge in [-0.15, -0.1) is 0 Å². The van der Waals surface area contributed by atoms with Gasteiger partial charge in [0.15, 0.2) is 0 Å². The molecule has 0 saturated carbocycles. The highest BCUT2D eigenvalue weighted by Gasteiger charge is 2.11. The van der Waals surface area contributed by atoms with E-state index in [-0.39, 0.29) is 6.04 Å². The first-order valence-corrected chi connectivity index (χ1v) is 7.62. The molecule has 0 radical (unpaired) electrons. The normalized spacial score (nSPS) is 12.2. The van der Waals surface area contributed by atoms with Crippen LogP contribution in [0.5, 0.6) is 5.75 Å². The highest BCUT2D eigenvalue weighted by atomic mass is 35.5. The molecule has 0 aliphatic heterocycles. The van der Waals surface area contributed by atoms with E-state index in [1.807, 2.05) is 18.2 Å². The molecule has 0 spiro atoms. The van der Waals surface area contributed by atoms with Gasteiger partial charge in [-0.3, -0.25) is 0 Å². The van der Waals surface area contributed by atoms with Gasteiger partial charge >= 0.3 is 0 Å². The number of hydrogen-bond acceptors (Lipinski definition) is 2. The fraction of sp³-hybridized carbons (Fsp3) is 0.333. The van der Waals surface area contributed by atoms with E-state index in [0.717, 1.165) is 28.4 Å². The zero-order valence-corrected chi connectivity index (χ0v) is 13.8. The molecule has 0 aromatic heterocycles. The van der Waals surface area contributed by atoms with Crippen molar-refractivity contribution in [3.63, 3.8) is 0 Å². The minimum absolute atomic E-state index is 0.258. The van der Waals surface area contributed by atoms with E-state index in [9.17, 15) is 0 Å². The number of rotatable bonds is 5. The van der Waals surface area contributed by atoms with Crippen molar-refractivity contribution in [1.82, 2.24) is 5.32 Å². The van der Waals surface area contributed by atoms with Crippen LogP contribution in [0.25, 0.3) is 11.1 Å². The lowest BCUT2D eigenvalue weighted by Gasteiger charge is -2.16. The summed E-state index contributed by atoms with van der Waals surface area (Å²) in [7, 11) is 1.68. The Morgan fingerprint density at radius 1 is 1.19 bits per heavy atom. The van der Waals surface area contributed by atoms with Gasteiger partial charge in [0.25, 0.3) is 0 Å². The highest BCUT2D eigenvalue weighted by molar-refractivity contribution is 6.31. The average Bonchev–Trinajstić information content (AvgIpc) is 2.47. The number of halogens is 1. The van der Waals surface area contributed by atoms with Crippen molar-refractivity contribution < 1.29 is 4.74 Å². The Kier molecular flexibility index (Phi) is 5.27. The summed E-state index contributed by atoms with van der Waals surface area (Å²) < 4.78 is 5.25. The summed E-state index contributed by atoms with van der Waals surface area (Å²) in [5.41, 5.74) is 4.62. The predicted molar refractivity (Wildman–Crippen MR) is 90.3 cm³/mol. The fourth-order valence-corrected chi connectivity index (χ4v) is 2.89. The maximum atomic E-state index is 6.46. The third-order valence-electron chi connectivity index (χ3n) is 3.72. The fourth-order valence-electron chi connectivity index (χ4n) is 2.55. The van der Waals surface area contributed by atoms with Gasteiger partial charge in [-0.1, -0.05) is 36.7 Å². The third kappa shape index (κ3) is 3.58. The van der Waals surface area contributed by atoms with Gasteiger partial charge in [0.2, 0.25) is 0 Å². The van der Waals surface area contributed by atoms with Gasteiger partial charge < -0.3 is 10.1 Å². The Bertz CT molecular complexity index is 625. The second-order valence-corrected chi connectivity index (χ2v) is 5.60. The molecular weight excluding hydrogens is 282 g/mol. The zero-order chi connectivity index (χ0) is 15.4. The van der Waals surface area contributed by atoms with Crippen LogP contribution in [0.15, 0.2) is 36.4 Å². The van der Waals surface area contributed by atoms with Crippen LogP contribution < -0.4 is 10.1 Å². The lowest BCUT2D eigenvalue weighted by atomic mass is 9.97. The summed E-state index contributed by atoms with van der Waals surface area (Å²) >= 11 is 6.46. The molecule has 1 unspecified atom stereocenters. The van der Waals surface area contributed by atoms with Gasteiger partial charge in [0.1, 0.15) is 5.75 Å². The molecule has 21 heavy (non-hydrogen) atoms. The number of hydrogen-bond donors (Lipinski definition) is 1. The zero-order valence-electron chi connectivity index (χ0n) is 13.0. The summed E-state index contributed by atoms with van der Waals surface area (Å²) in [4.78, 5) is 0. The van der Waals surface area contributed by atoms with Crippen LogP contribution in [0.1, 0.15) is 31.0 Å². The average molecular weight is 304 g/mol. The van der Waals surface area contributed by atoms with Crippen molar-refractivity contribution in [2.45, 2.75) is 26.8 Å². The van der Waals surface area contributed by atoms with Crippen molar-refractivity contribution in [2.24, 2.45) is 0 Å². The lowest BCUT2D eigenvalue weighted by Crippen LogP contribution is -2.17. The molecule has 0 aliphatic carbocycles. The summed E-state index contributed by atoms with van der Waals surface area (Å²) in [5.74, 6) is 0.875. The SMILES string of the molecule is CCNC(C)c1ccc(-c2ccc(OC)cc2C)cc1Cl. The molecule has 0 amide bonds. The molecule has 0 saturated heterocycles. The van der Waals surface area contributed by atoms with Crippen molar-refractivity contribution in [3.8, 4) is 16.9 Å². The lowest BCUT2D eigenvalue weighted by molar-refractivity contribution is 0.414. The molecule has 0 aliphatic rings. The summed E-state index contributed by atoms with van der Waals surface area (Å²) in [5, 5.41) is 4.19. The monoisotopic (exact) mass is 303 g/mol. The van der Waals surface area contributed by atoms with Crippen LogP contribution in [-0.4, -0.2) is 13.7 Å². The molecular formula is C18H22ClNO. The second-order valence-electron chi connectivity index (χ2n) is 5.20. The Balaban J connectivity index is 2.36. The molecule has 0 bridgehead atoms. The molecule has 2 aromatic rings. The van der Waals surface area contributed by atoms with Crippen molar-refractivity contribution >= 4 is 11.6 Å². The molecule has 2 aromatic carbocycles. The van der Waals surface area contributed by atoms with Crippen LogP contribution in [0.3, 0.4) is 0 Å². The Labute approximate surface area is 132 Å². The molecule has 0 heterocycles. The Morgan fingerprint density at radius 3 is 2.52 bits per heavy atom. The molecule has 2 nitrogen and oxygen atoms in total. The summed E-state index contributed by atoms with van der Waals surface area (Å²) in [6.45, 7) is 7.24. The molecule has 2 rings (SSSR count). The van der Waals surface area contributed by atoms with Gasteiger partial charge in [0, 0.05) is 11.1 Å². The van der Waals surface area contributed by atoms with Crippen molar-refractivity contribution in [3.05, 3.63) is 52.5 Å². The second kappa shape index (κ2) is 6.97. The molecule has 1 N–H and O–H groups in total. The minimum Gasteiger partial charge on any atom is -0.497 e. The van der Waals surface area contributed by atoms with Crippen LogP contribution in [0.4, 0.5) is 0 Å². The maximum Gasteiger partial charge on any atom is 0.119 e. The Hall–Kier alpha value is -1.51. The van der Waals surface area contributed by atoms with E-state index >= 15 is 0 Å². The van der Waals surface area contributed by atoms with E-state index in [4.69, 9.17) is 16.3 Å². The van der Waals surface area contributed by atoms with E-state index in [1.165, 1.54) is 11.1 Å². The van der Waals surface area contributed by atoms with Gasteiger partial charge in [0.05, 0.1) is 7.11 Å². The van der Waals surface area contributed by atoms with E-state index in [1.54, 1.807) is 7.11 Å². The number of nitrogens with one attached hydrogen (secondary N) is 1. The standard InChI is InChI=1S/C18H22ClNO/c1-5-20-13(3)17-8-6-14(11-18(17)19)16-9-7-15(21-4)10-12(16)2/h6-11,13,20H,5H2,1-4H3. The third-order valence-corrected chi connectivity index (χ3v) is 4.05. The van der Waals surface area contributed by atoms with Crippen LogP contribution in [0, 0.1) is 6.92 Å². The van der Waals surface area contributed by atoms with Gasteiger partial charge in [-0.2, -0.15) is 0 Å². The predicted octanol–water partition coefficient (Wildman–Crippen LogP) is 4.99. The molecule has 0 fully saturated rings. The van der Waals surface area contributed by atoms with E-state index < -0.39 is 0 Å². The first kappa shape index (κ1) is 15.9. The van der Waals surface area contributed by atoms with Crippen LogP contribution in [-0.2, 0) is 0 Å². The minimum atomic E-state index is 0.258. The van der Waals surface area contributed by atoms with E-state index in [2.05, 4.69) is 44.3 Å². The van der Waals surface area contributed by atoms with Crippen molar-refractivity contribution in [1.29, 1.82) is 0 Å². The van der Waals surface area contributed by atoms with Crippen molar-refractivity contribution in [2.75, 3.05) is 13.7 Å². The number of ether oxygens (including phenoxy) is 1. The van der Waals surface area contributed by atoms with Crippen LogP contribution >= 0.6 is 11.6 Å². The van der Waals surface area contributed by atoms with Gasteiger partial charge in [-0.25, -0.2) is 0 Å². The van der Waals surface area contributed by atoms with Gasteiger partial charge in [-0.05, 0) is 60.8 Å². The molecule has 3 heteroatoms. The molecule has 112 valence electrons. The Morgan fingerprint density at radius 2 is 1.95 bits per heavy atom. The number of benzene rings is 2. The maximum absolute atomic E-state index is 6.46. The van der Waals surface area contributed by atoms with Crippen LogP contribution in [0.2, 0.25) is 5.02 Å². The first-order chi connectivity index (χ1) is 10.1. The largest absolute Gasteiger partial charge is 0.497 e. The van der Waals surface area contributed by atoms with E-state index in [0.29, 0.717) is 0 Å². The molecule has 1 atom stereocenters. The number of methoxy groups -OCH3 is 1.